The zero-order valence-electron chi connectivity index (χ0n) is 11.5. The van der Waals surface area contributed by atoms with Crippen molar-refractivity contribution in [3.63, 3.8) is 0 Å². The maximum Gasteiger partial charge on any atom is 0.138 e. The van der Waals surface area contributed by atoms with Crippen LogP contribution in [0.2, 0.25) is 0 Å². The number of nitrogens with zero attached hydrogens (tertiary/aromatic N) is 3. The topological polar surface area (TPSA) is 60.2 Å². The SMILES string of the molecule is CCOC1CC(O)(Cc2ncnn2CC(C)C)C1. The van der Waals surface area contributed by atoms with Gasteiger partial charge in [0.2, 0.25) is 0 Å². The fourth-order valence-electron chi connectivity index (χ4n) is 2.50. The Morgan fingerprint density at radius 1 is 1.56 bits per heavy atom. The third-order valence-electron chi connectivity index (χ3n) is 3.34. The van der Waals surface area contributed by atoms with E-state index in [4.69, 9.17) is 4.74 Å². The van der Waals surface area contributed by atoms with Crippen LogP contribution in [0, 0.1) is 5.92 Å². The van der Waals surface area contributed by atoms with Crippen molar-refractivity contribution in [1.29, 1.82) is 0 Å². The van der Waals surface area contributed by atoms with Gasteiger partial charge in [-0.05, 0) is 12.8 Å². The van der Waals surface area contributed by atoms with Crippen LogP contribution in [0.4, 0.5) is 0 Å². The molecule has 5 heteroatoms. The molecule has 1 heterocycles. The van der Waals surface area contributed by atoms with Gasteiger partial charge in [0.1, 0.15) is 12.2 Å². The third-order valence-corrected chi connectivity index (χ3v) is 3.34. The molecule has 1 saturated carbocycles. The number of aliphatic hydroxyl groups is 1. The van der Waals surface area contributed by atoms with Gasteiger partial charge in [-0.15, -0.1) is 0 Å². The van der Waals surface area contributed by atoms with Gasteiger partial charge in [0.25, 0.3) is 0 Å². The Hall–Kier alpha value is -0.940. The van der Waals surface area contributed by atoms with E-state index in [0.717, 1.165) is 12.4 Å². The van der Waals surface area contributed by atoms with Crippen molar-refractivity contribution >= 4 is 0 Å². The molecular formula is C13H23N3O2. The molecule has 102 valence electrons. The first-order valence-corrected chi connectivity index (χ1v) is 6.73. The zero-order valence-corrected chi connectivity index (χ0v) is 11.5. The van der Waals surface area contributed by atoms with E-state index in [1.807, 2.05) is 11.6 Å². The number of hydrogen-bond donors (Lipinski definition) is 1. The lowest BCUT2D eigenvalue weighted by Crippen LogP contribution is -2.50. The van der Waals surface area contributed by atoms with Gasteiger partial charge in [-0.3, -0.25) is 0 Å². The van der Waals surface area contributed by atoms with E-state index in [2.05, 4.69) is 23.9 Å². The van der Waals surface area contributed by atoms with Crippen molar-refractivity contribution in [2.75, 3.05) is 6.61 Å². The summed E-state index contributed by atoms with van der Waals surface area (Å²) < 4.78 is 7.38. The number of aromatic nitrogens is 3. The number of hydrogen-bond acceptors (Lipinski definition) is 4. The molecule has 1 aliphatic carbocycles. The minimum atomic E-state index is -0.651. The van der Waals surface area contributed by atoms with Crippen LogP contribution in [0.5, 0.6) is 0 Å². The largest absolute Gasteiger partial charge is 0.389 e. The normalized spacial score (nSPS) is 27.5. The second-order valence-corrected chi connectivity index (χ2v) is 5.64. The lowest BCUT2D eigenvalue weighted by Gasteiger charge is -2.43. The van der Waals surface area contributed by atoms with Crippen molar-refractivity contribution in [3.8, 4) is 0 Å². The third kappa shape index (κ3) is 3.09. The van der Waals surface area contributed by atoms with Crippen molar-refractivity contribution < 1.29 is 9.84 Å². The second kappa shape index (κ2) is 5.36. The zero-order chi connectivity index (χ0) is 13.2. The molecule has 0 atom stereocenters. The molecule has 0 saturated heterocycles. The van der Waals surface area contributed by atoms with Crippen LogP contribution in [-0.4, -0.2) is 38.2 Å². The van der Waals surface area contributed by atoms with Crippen LogP contribution < -0.4 is 0 Å². The van der Waals surface area contributed by atoms with E-state index < -0.39 is 5.60 Å². The summed E-state index contributed by atoms with van der Waals surface area (Å²) in [6, 6.07) is 0. The Morgan fingerprint density at radius 3 is 2.89 bits per heavy atom. The highest BCUT2D eigenvalue weighted by Gasteiger charge is 2.44. The maximum atomic E-state index is 10.4. The highest BCUT2D eigenvalue weighted by atomic mass is 16.5. The van der Waals surface area contributed by atoms with E-state index >= 15 is 0 Å². The molecule has 1 aromatic heterocycles. The summed E-state index contributed by atoms with van der Waals surface area (Å²) in [6.45, 7) is 7.84. The summed E-state index contributed by atoms with van der Waals surface area (Å²) in [6.07, 6.45) is 3.76. The number of ether oxygens (including phenoxy) is 1. The second-order valence-electron chi connectivity index (χ2n) is 5.64. The van der Waals surface area contributed by atoms with Crippen LogP contribution >= 0.6 is 0 Å². The van der Waals surface area contributed by atoms with Crippen LogP contribution in [0.1, 0.15) is 39.4 Å². The Kier molecular flexibility index (Phi) is 4.02. The van der Waals surface area contributed by atoms with Crippen LogP contribution in [0.15, 0.2) is 6.33 Å². The first kappa shape index (κ1) is 13.5. The highest BCUT2D eigenvalue weighted by Crippen LogP contribution is 2.36. The molecule has 1 aliphatic rings. The van der Waals surface area contributed by atoms with Gasteiger partial charge in [0.15, 0.2) is 0 Å². The quantitative estimate of drug-likeness (QED) is 0.832. The smallest absolute Gasteiger partial charge is 0.138 e. The van der Waals surface area contributed by atoms with Crippen LogP contribution in [-0.2, 0) is 17.7 Å². The fourth-order valence-corrected chi connectivity index (χ4v) is 2.50. The van der Waals surface area contributed by atoms with Crippen molar-refractivity contribution in [1.82, 2.24) is 14.8 Å². The van der Waals surface area contributed by atoms with E-state index in [1.165, 1.54) is 0 Å². The Balaban J connectivity index is 1.92. The van der Waals surface area contributed by atoms with Gasteiger partial charge in [-0.1, -0.05) is 13.8 Å². The molecule has 18 heavy (non-hydrogen) atoms. The Bertz CT molecular complexity index is 383. The summed E-state index contributed by atoms with van der Waals surface area (Å²) in [4.78, 5) is 4.26. The van der Waals surface area contributed by atoms with Gasteiger partial charge in [-0.25, -0.2) is 9.67 Å². The summed E-state index contributed by atoms with van der Waals surface area (Å²) in [5.41, 5.74) is -0.651. The predicted molar refractivity (Wildman–Crippen MR) is 68.2 cm³/mol. The first-order valence-electron chi connectivity index (χ1n) is 6.73. The van der Waals surface area contributed by atoms with Crippen molar-refractivity contribution in [3.05, 3.63) is 12.2 Å². The monoisotopic (exact) mass is 253 g/mol. The van der Waals surface area contributed by atoms with Gasteiger partial charge < -0.3 is 9.84 Å². The molecular weight excluding hydrogens is 230 g/mol. The summed E-state index contributed by atoms with van der Waals surface area (Å²) in [5.74, 6) is 1.40. The average Bonchev–Trinajstić information content (AvgIpc) is 2.63. The summed E-state index contributed by atoms with van der Waals surface area (Å²) in [7, 11) is 0. The molecule has 1 fully saturated rings. The maximum absolute atomic E-state index is 10.4. The van der Waals surface area contributed by atoms with Crippen LogP contribution in [0.25, 0.3) is 0 Å². The molecule has 0 aliphatic heterocycles. The molecule has 0 aromatic carbocycles. The lowest BCUT2D eigenvalue weighted by molar-refractivity contribution is -0.137. The highest BCUT2D eigenvalue weighted by molar-refractivity contribution is 5.03. The minimum absolute atomic E-state index is 0.210. The molecule has 0 amide bonds. The summed E-state index contributed by atoms with van der Waals surface area (Å²) >= 11 is 0. The molecule has 0 spiro atoms. The summed E-state index contributed by atoms with van der Waals surface area (Å²) in [5, 5.41) is 14.6. The molecule has 2 rings (SSSR count). The lowest BCUT2D eigenvalue weighted by atomic mass is 9.75. The molecule has 0 bridgehead atoms. The van der Waals surface area contributed by atoms with Gasteiger partial charge >= 0.3 is 0 Å². The predicted octanol–water partition coefficient (Wildman–Crippen LogP) is 1.41. The molecule has 1 aromatic rings. The fraction of sp³-hybridized carbons (Fsp3) is 0.846. The van der Waals surface area contributed by atoms with E-state index in [9.17, 15) is 5.11 Å². The van der Waals surface area contributed by atoms with E-state index in [-0.39, 0.29) is 6.10 Å². The first-order chi connectivity index (χ1) is 8.52. The van der Waals surface area contributed by atoms with Crippen molar-refractivity contribution in [2.24, 2.45) is 5.92 Å². The number of rotatable bonds is 6. The Labute approximate surface area is 108 Å². The Morgan fingerprint density at radius 2 is 2.28 bits per heavy atom. The van der Waals surface area contributed by atoms with E-state index in [1.54, 1.807) is 6.33 Å². The molecule has 0 radical (unpaired) electrons. The van der Waals surface area contributed by atoms with Crippen LogP contribution in [0.3, 0.4) is 0 Å². The van der Waals surface area contributed by atoms with Gasteiger partial charge in [-0.2, -0.15) is 5.10 Å². The molecule has 0 unspecified atom stereocenters. The molecule has 5 nitrogen and oxygen atoms in total. The minimum Gasteiger partial charge on any atom is -0.389 e. The average molecular weight is 253 g/mol. The van der Waals surface area contributed by atoms with Gasteiger partial charge in [0, 0.05) is 32.4 Å². The standard InChI is InChI=1S/C13H23N3O2/c1-4-18-11-5-13(17,6-11)7-12-14-9-15-16(12)8-10(2)3/h9-11,17H,4-8H2,1-3H3. The van der Waals surface area contributed by atoms with Crippen molar-refractivity contribution in [2.45, 2.75) is 58.3 Å². The molecule has 1 N–H and O–H groups in total. The van der Waals surface area contributed by atoms with E-state index in [0.29, 0.717) is 31.8 Å². The van der Waals surface area contributed by atoms with Gasteiger partial charge in [0.05, 0.1) is 11.7 Å².